The summed E-state index contributed by atoms with van der Waals surface area (Å²) in [5.74, 6) is -2.56. The van der Waals surface area contributed by atoms with Crippen LogP contribution in [-0.4, -0.2) is 20.8 Å². The second-order valence-corrected chi connectivity index (χ2v) is 7.41. The number of non-ortho nitro benzene ring substituents is 1. The molecule has 31 heavy (non-hydrogen) atoms. The second-order valence-electron chi connectivity index (χ2n) is 6.50. The first-order chi connectivity index (χ1) is 14.7. The molecule has 8 nitrogen and oxygen atoms in total. The van der Waals surface area contributed by atoms with Gasteiger partial charge in [0.2, 0.25) is 5.89 Å². The first-order valence-electron chi connectivity index (χ1n) is 8.71. The third-order valence-corrected chi connectivity index (χ3v) is 4.91. The summed E-state index contributed by atoms with van der Waals surface area (Å²) in [4.78, 5) is 30.8. The first-order valence-corrected chi connectivity index (χ1v) is 9.50. The quantitative estimate of drug-likeness (QED) is 0.304. The van der Waals surface area contributed by atoms with Crippen LogP contribution in [0.3, 0.4) is 0 Å². The van der Waals surface area contributed by atoms with Crippen LogP contribution in [0.2, 0.25) is 0 Å². The molecular formula is C20H11BrF2N4O4. The smallest absolute Gasteiger partial charge is 0.272 e. The van der Waals surface area contributed by atoms with E-state index in [0.29, 0.717) is 27.3 Å². The normalized spacial score (nSPS) is 11.0. The molecule has 0 aliphatic carbocycles. The van der Waals surface area contributed by atoms with Crippen molar-refractivity contribution in [1.82, 2.24) is 9.97 Å². The van der Waals surface area contributed by atoms with Crippen LogP contribution in [0.15, 0.2) is 51.5 Å². The van der Waals surface area contributed by atoms with Crippen LogP contribution in [-0.2, 0) is 0 Å². The lowest BCUT2D eigenvalue weighted by atomic mass is 10.1. The van der Waals surface area contributed by atoms with Gasteiger partial charge in [0.05, 0.1) is 16.6 Å². The number of hydrogen-bond donors (Lipinski definition) is 1. The summed E-state index contributed by atoms with van der Waals surface area (Å²) in [5, 5.41) is 13.2. The molecule has 0 radical (unpaired) electrons. The Kier molecular flexibility index (Phi) is 5.19. The molecule has 4 rings (SSSR count). The Balaban J connectivity index is 1.70. The number of hydrogen-bond acceptors (Lipinski definition) is 6. The van der Waals surface area contributed by atoms with E-state index < -0.39 is 33.7 Å². The van der Waals surface area contributed by atoms with E-state index in [1.54, 1.807) is 13.0 Å². The van der Waals surface area contributed by atoms with Crippen LogP contribution >= 0.6 is 15.9 Å². The van der Waals surface area contributed by atoms with Gasteiger partial charge in [-0.15, -0.1) is 0 Å². The van der Waals surface area contributed by atoms with Crippen molar-refractivity contribution in [2.45, 2.75) is 6.92 Å². The summed E-state index contributed by atoms with van der Waals surface area (Å²) in [5.41, 5.74) is 0.540. The minimum Gasteiger partial charge on any atom is -0.434 e. The number of carbonyl (C=O) groups is 1. The van der Waals surface area contributed by atoms with Crippen molar-refractivity contribution in [3.63, 3.8) is 0 Å². The summed E-state index contributed by atoms with van der Waals surface area (Å²) in [6, 6.07) is 6.55. The Morgan fingerprint density at radius 3 is 2.71 bits per heavy atom. The van der Waals surface area contributed by atoms with Crippen molar-refractivity contribution in [2.24, 2.45) is 0 Å². The van der Waals surface area contributed by atoms with Gasteiger partial charge in [-0.25, -0.2) is 13.8 Å². The van der Waals surface area contributed by atoms with Crippen LogP contribution in [0.4, 0.5) is 20.2 Å². The van der Waals surface area contributed by atoms with Gasteiger partial charge in [-0.2, -0.15) is 4.98 Å². The monoisotopic (exact) mass is 488 g/mol. The van der Waals surface area contributed by atoms with Crippen molar-refractivity contribution in [1.29, 1.82) is 0 Å². The van der Waals surface area contributed by atoms with Gasteiger partial charge >= 0.3 is 0 Å². The number of amides is 1. The number of benzene rings is 2. The third-order valence-electron chi connectivity index (χ3n) is 4.47. The maximum atomic E-state index is 14.3. The number of oxazole rings is 1. The summed E-state index contributed by atoms with van der Waals surface area (Å²) in [7, 11) is 0. The Hall–Kier alpha value is -3.73. The van der Waals surface area contributed by atoms with Gasteiger partial charge in [0.15, 0.2) is 11.2 Å². The Morgan fingerprint density at radius 2 is 2.00 bits per heavy atom. The molecule has 4 aromatic rings. The van der Waals surface area contributed by atoms with Gasteiger partial charge in [-0.05, 0) is 46.6 Å². The summed E-state index contributed by atoms with van der Waals surface area (Å²) in [6.45, 7) is 1.61. The molecule has 0 fully saturated rings. The molecule has 1 amide bonds. The van der Waals surface area contributed by atoms with Gasteiger partial charge in [-0.3, -0.25) is 14.9 Å². The maximum absolute atomic E-state index is 14.3. The van der Waals surface area contributed by atoms with Crippen molar-refractivity contribution < 1.29 is 22.9 Å². The zero-order valence-electron chi connectivity index (χ0n) is 15.6. The van der Waals surface area contributed by atoms with Gasteiger partial charge in [0.25, 0.3) is 11.6 Å². The fourth-order valence-electron chi connectivity index (χ4n) is 2.93. The molecule has 0 bridgehead atoms. The zero-order chi connectivity index (χ0) is 22.3. The molecule has 0 saturated heterocycles. The number of nitrogens with zero attached hydrogens (tertiary/aromatic N) is 3. The highest BCUT2D eigenvalue weighted by Crippen LogP contribution is 2.32. The lowest BCUT2D eigenvalue weighted by Crippen LogP contribution is -2.15. The molecule has 2 aromatic carbocycles. The number of halogens is 3. The zero-order valence-corrected chi connectivity index (χ0v) is 17.2. The molecule has 0 aliphatic rings. The van der Waals surface area contributed by atoms with E-state index >= 15 is 0 Å². The van der Waals surface area contributed by atoms with Crippen molar-refractivity contribution >= 4 is 44.4 Å². The molecule has 1 N–H and O–H groups in total. The van der Waals surface area contributed by atoms with E-state index in [4.69, 9.17) is 4.42 Å². The van der Waals surface area contributed by atoms with Gasteiger partial charge in [-0.1, -0.05) is 0 Å². The van der Waals surface area contributed by atoms with E-state index in [9.17, 15) is 23.7 Å². The number of aromatic nitrogens is 2. The summed E-state index contributed by atoms with van der Waals surface area (Å²) in [6.07, 6.45) is 1.54. The van der Waals surface area contributed by atoms with Crippen molar-refractivity contribution in [3.8, 4) is 11.5 Å². The van der Waals surface area contributed by atoms with E-state index in [1.807, 2.05) is 0 Å². The maximum Gasteiger partial charge on any atom is 0.272 e. The lowest BCUT2D eigenvalue weighted by Gasteiger charge is -2.12. The van der Waals surface area contributed by atoms with E-state index in [2.05, 4.69) is 31.2 Å². The average molecular weight is 489 g/mol. The lowest BCUT2D eigenvalue weighted by molar-refractivity contribution is -0.385. The third kappa shape index (κ3) is 3.99. The Bertz CT molecular complexity index is 1370. The fraction of sp³-hybridized carbons (Fsp3) is 0.0500. The predicted octanol–water partition coefficient (Wildman–Crippen LogP) is 5.40. The molecule has 0 spiro atoms. The van der Waals surface area contributed by atoms with E-state index in [1.165, 1.54) is 12.3 Å². The molecular weight excluding hydrogens is 478 g/mol. The highest BCUT2D eigenvalue weighted by Gasteiger charge is 2.20. The van der Waals surface area contributed by atoms with Crippen LogP contribution in [0, 0.1) is 28.7 Å². The predicted molar refractivity (Wildman–Crippen MR) is 111 cm³/mol. The van der Waals surface area contributed by atoms with Crippen molar-refractivity contribution in [3.05, 3.63) is 79.9 Å². The van der Waals surface area contributed by atoms with Gasteiger partial charge in [0, 0.05) is 34.1 Å². The fourth-order valence-corrected chi connectivity index (χ4v) is 3.24. The molecule has 0 aliphatic heterocycles. The number of fused-ring (bicyclic) bond motifs is 1. The number of pyridine rings is 1. The van der Waals surface area contributed by atoms with Crippen LogP contribution in [0.25, 0.3) is 22.7 Å². The number of anilines is 1. The van der Waals surface area contributed by atoms with Crippen molar-refractivity contribution in [2.75, 3.05) is 5.32 Å². The largest absolute Gasteiger partial charge is 0.434 e. The molecule has 0 atom stereocenters. The molecule has 2 heterocycles. The molecule has 11 heteroatoms. The average Bonchev–Trinajstić information content (AvgIpc) is 3.13. The summed E-state index contributed by atoms with van der Waals surface area (Å²) >= 11 is 3.28. The first kappa shape index (κ1) is 20.5. The molecule has 0 saturated carbocycles. The number of nitro benzene ring substituents is 1. The minimum atomic E-state index is -1.07. The number of carbonyl (C=O) groups excluding carboxylic acids is 1. The van der Waals surface area contributed by atoms with Crippen LogP contribution in [0.1, 0.15) is 15.9 Å². The highest BCUT2D eigenvalue weighted by atomic mass is 79.9. The molecule has 2 aromatic heterocycles. The second kappa shape index (κ2) is 7.84. The van der Waals surface area contributed by atoms with E-state index in [-0.39, 0.29) is 17.1 Å². The topological polar surface area (TPSA) is 111 Å². The number of rotatable bonds is 4. The number of nitro groups is 1. The van der Waals surface area contributed by atoms with Gasteiger partial charge < -0.3 is 9.73 Å². The SMILES string of the molecule is Cc1c(NC(=O)c2ccc([N+](=O)[O-])cc2F)cc(F)cc1-c1nc2ncc(Br)cc2o1. The number of nitrogens with one attached hydrogen (secondary N) is 1. The van der Waals surface area contributed by atoms with Gasteiger partial charge in [0.1, 0.15) is 11.6 Å². The van der Waals surface area contributed by atoms with E-state index in [0.717, 1.165) is 18.2 Å². The summed E-state index contributed by atoms with van der Waals surface area (Å²) < 4.78 is 34.8. The van der Waals surface area contributed by atoms with Crippen LogP contribution in [0.5, 0.6) is 0 Å². The van der Waals surface area contributed by atoms with Crippen LogP contribution < -0.4 is 5.32 Å². The Labute approximate surface area is 181 Å². The standard InChI is InChI=1S/C20H11BrF2N4O4/c1-9-14(20-26-18-17(31-20)4-10(21)8-24-18)5-11(22)6-16(9)25-19(28)13-3-2-12(27(29)30)7-15(13)23/h2-8H,1H3,(H,25,28). The molecule has 156 valence electrons. The molecule has 0 unspecified atom stereocenters. The highest BCUT2D eigenvalue weighted by molar-refractivity contribution is 9.10. The minimum absolute atomic E-state index is 0.0640. The Morgan fingerprint density at radius 1 is 1.23 bits per heavy atom.